The minimum atomic E-state index is -0.215. The second-order valence-electron chi connectivity index (χ2n) is 3.72. The van der Waals surface area contributed by atoms with Crippen LogP contribution < -0.4 is 10.3 Å². The summed E-state index contributed by atoms with van der Waals surface area (Å²) >= 11 is 0. The molecule has 6 heteroatoms. The molecule has 0 aliphatic rings. The molecule has 0 saturated carbocycles. The number of nitrogens with zero attached hydrogens (tertiary/aromatic N) is 3. The molecular formula is C12H10N4O2. The zero-order chi connectivity index (χ0) is 12.5. The van der Waals surface area contributed by atoms with Crippen LogP contribution in [-0.2, 0) is 0 Å². The summed E-state index contributed by atoms with van der Waals surface area (Å²) in [5.74, 6) is 0.759. The van der Waals surface area contributed by atoms with Gasteiger partial charge in [-0.25, -0.2) is 9.97 Å². The molecule has 1 aromatic carbocycles. The summed E-state index contributed by atoms with van der Waals surface area (Å²) in [5, 5.41) is 0. The molecule has 0 radical (unpaired) electrons. The first-order valence-corrected chi connectivity index (χ1v) is 5.35. The van der Waals surface area contributed by atoms with E-state index in [-0.39, 0.29) is 5.56 Å². The Morgan fingerprint density at radius 2 is 2.00 bits per heavy atom. The number of ether oxygens (including phenoxy) is 1. The number of imidazole rings is 1. The van der Waals surface area contributed by atoms with Gasteiger partial charge in [0.15, 0.2) is 11.2 Å². The second kappa shape index (κ2) is 3.99. The van der Waals surface area contributed by atoms with Crippen molar-refractivity contribution >= 4 is 11.2 Å². The predicted octanol–water partition coefficient (Wildman–Crippen LogP) is 1.12. The topological polar surface area (TPSA) is 72.8 Å². The van der Waals surface area contributed by atoms with Crippen molar-refractivity contribution < 1.29 is 4.74 Å². The smallest absolute Gasteiger partial charge is 0.277 e. The van der Waals surface area contributed by atoms with Crippen LogP contribution in [0.1, 0.15) is 0 Å². The molecule has 2 aromatic heterocycles. The summed E-state index contributed by atoms with van der Waals surface area (Å²) < 4.78 is 6.79. The fourth-order valence-electron chi connectivity index (χ4n) is 1.80. The summed E-state index contributed by atoms with van der Waals surface area (Å²) in [4.78, 5) is 22.4. The Morgan fingerprint density at radius 3 is 2.72 bits per heavy atom. The van der Waals surface area contributed by atoms with E-state index in [2.05, 4.69) is 15.0 Å². The van der Waals surface area contributed by atoms with Gasteiger partial charge in [-0.15, -0.1) is 0 Å². The molecule has 0 spiro atoms. The maximum atomic E-state index is 11.8. The summed E-state index contributed by atoms with van der Waals surface area (Å²) in [6.07, 6.45) is 2.92. The largest absolute Gasteiger partial charge is 0.497 e. The SMILES string of the molecule is COc1ccc(-n2cnc3nc[nH]c(=O)c32)cc1. The van der Waals surface area contributed by atoms with Crippen molar-refractivity contribution in [2.75, 3.05) is 7.11 Å². The zero-order valence-corrected chi connectivity index (χ0v) is 9.62. The molecule has 18 heavy (non-hydrogen) atoms. The van der Waals surface area contributed by atoms with E-state index in [1.165, 1.54) is 6.33 Å². The number of nitrogens with one attached hydrogen (secondary N) is 1. The minimum absolute atomic E-state index is 0.215. The highest BCUT2D eigenvalue weighted by Crippen LogP contribution is 2.17. The number of methoxy groups -OCH3 is 1. The highest BCUT2D eigenvalue weighted by Gasteiger charge is 2.08. The van der Waals surface area contributed by atoms with E-state index in [4.69, 9.17) is 4.74 Å². The van der Waals surface area contributed by atoms with Crippen LogP contribution in [0.15, 0.2) is 41.7 Å². The first-order valence-electron chi connectivity index (χ1n) is 5.35. The average Bonchev–Trinajstić information content (AvgIpc) is 2.84. The van der Waals surface area contributed by atoms with Gasteiger partial charge in [0.25, 0.3) is 5.56 Å². The van der Waals surface area contributed by atoms with E-state index >= 15 is 0 Å². The Morgan fingerprint density at radius 1 is 1.22 bits per heavy atom. The van der Waals surface area contributed by atoms with Gasteiger partial charge >= 0.3 is 0 Å². The van der Waals surface area contributed by atoms with Crippen molar-refractivity contribution in [3.8, 4) is 11.4 Å². The second-order valence-corrected chi connectivity index (χ2v) is 3.72. The molecule has 0 amide bonds. The third kappa shape index (κ3) is 1.55. The third-order valence-electron chi connectivity index (χ3n) is 2.70. The van der Waals surface area contributed by atoms with Gasteiger partial charge in [0.2, 0.25) is 0 Å². The molecule has 0 saturated heterocycles. The summed E-state index contributed by atoms with van der Waals surface area (Å²) in [5.41, 5.74) is 1.47. The van der Waals surface area contributed by atoms with Gasteiger partial charge in [-0.05, 0) is 24.3 Å². The summed E-state index contributed by atoms with van der Waals surface area (Å²) in [6, 6.07) is 7.36. The van der Waals surface area contributed by atoms with Crippen molar-refractivity contribution in [2.45, 2.75) is 0 Å². The molecule has 0 aliphatic carbocycles. The van der Waals surface area contributed by atoms with E-state index in [1.54, 1.807) is 18.0 Å². The molecule has 1 N–H and O–H groups in total. The number of aromatic nitrogens is 4. The molecule has 0 fully saturated rings. The summed E-state index contributed by atoms with van der Waals surface area (Å²) in [7, 11) is 1.61. The number of hydrogen-bond donors (Lipinski definition) is 1. The number of H-pyrrole nitrogens is 1. The number of aromatic amines is 1. The first kappa shape index (κ1) is 10.5. The monoisotopic (exact) mass is 242 g/mol. The minimum Gasteiger partial charge on any atom is -0.497 e. The van der Waals surface area contributed by atoms with E-state index < -0.39 is 0 Å². The van der Waals surface area contributed by atoms with Crippen molar-refractivity contribution in [3.63, 3.8) is 0 Å². The quantitative estimate of drug-likeness (QED) is 0.730. The zero-order valence-electron chi connectivity index (χ0n) is 9.62. The van der Waals surface area contributed by atoms with Gasteiger partial charge in [0, 0.05) is 5.69 Å². The lowest BCUT2D eigenvalue weighted by atomic mass is 10.3. The molecule has 0 bridgehead atoms. The molecule has 3 rings (SSSR count). The van der Waals surface area contributed by atoms with Crippen LogP contribution in [-0.4, -0.2) is 26.6 Å². The molecule has 3 aromatic rings. The Bertz CT molecular complexity index is 743. The van der Waals surface area contributed by atoms with Crippen LogP contribution in [0.4, 0.5) is 0 Å². The number of hydrogen-bond acceptors (Lipinski definition) is 4. The van der Waals surface area contributed by atoms with Crippen LogP contribution in [0.2, 0.25) is 0 Å². The Labute approximate surface area is 102 Å². The molecule has 2 heterocycles. The number of fused-ring (bicyclic) bond motifs is 1. The fourth-order valence-corrected chi connectivity index (χ4v) is 1.80. The highest BCUT2D eigenvalue weighted by atomic mass is 16.5. The van der Waals surface area contributed by atoms with Crippen molar-refractivity contribution in [2.24, 2.45) is 0 Å². The van der Waals surface area contributed by atoms with Crippen molar-refractivity contribution in [3.05, 3.63) is 47.3 Å². The maximum absolute atomic E-state index is 11.8. The molecule has 0 atom stereocenters. The van der Waals surface area contributed by atoms with E-state index in [1.807, 2.05) is 24.3 Å². The molecule has 0 unspecified atom stereocenters. The van der Waals surface area contributed by atoms with Crippen LogP contribution in [0.5, 0.6) is 5.75 Å². The Balaban J connectivity index is 2.22. The Kier molecular flexibility index (Phi) is 2.33. The predicted molar refractivity (Wildman–Crippen MR) is 66.0 cm³/mol. The third-order valence-corrected chi connectivity index (χ3v) is 2.70. The molecular weight excluding hydrogens is 232 g/mol. The van der Waals surface area contributed by atoms with Crippen molar-refractivity contribution in [1.29, 1.82) is 0 Å². The van der Waals surface area contributed by atoms with Gasteiger partial charge in [0.1, 0.15) is 12.1 Å². The first-order chi connectivity index (χ1) is 8.79. The van der Waals surface area contributed by atoms with Gasteiger partial charge in [-0.3, -0.25) is 9.36 Å². The average molecular weight is 242 g/mol. The molecule has 0 aliphatic heterocycles. The van der Waals surface area contributed by atoms with Gasteiger partial charge in [-0.2, -0.15) is 0 Å². The van der Waals surface area contributed by atoms with Crippen LogP contribution in [0.3, 0.4) is 0 Å². The lowest BCUT2D eigenvalue weighted by molar-refractivity contribution is 0.415. The van der Waals surface area contributed by atoms with Crippen LogP contribution in [0, 0.1) is 0 Å². The van der Waals surface area contributed by atoms with Gasteiger partial charge in [-0.1, -0.05) is 0 Å². The lowest BCUT2D eigenvalue weighted by Crippen LogP contribution is -2.10. The van der Waals surface area contributed by atoms with E-state index in [0.29, 0.717) is 11.2 Å². The molecule has 90 valence electrons. The van der Waals surface area contributed by atoms with Crippen LogP contribution in [0.25, 0.3) is 16.9 Å². The highest BCUT2D eigenvalue weighted by molar-refractivity contribution is 5.71. The van der Waals surface area contributed by atoms with E-state index in [9.17, 15) is 4.79 Å². The normalized spacial score (nSPS) is 10.7. The van der Waals surface area contributed by atoms with Crippen molar-refractivity contribution in [1.82, 2.24) is 19.5 Å². The lowest BCUT2D eigenvalue weighted by Gasteiger charge is -2.04. The van der Waals surface area contributed by atoms with Gasteiger partial charge in [0.05, 0.1) is 13.4 Å². The summed E-state index contributed by atoms with van der Waals surface area (Å²) in [6.45, 7) is 0. The Hall–Kier alpha value is -2.63. The van der Waals surface area contributed by atoms with Gasteiger partial charge < -0.3 is 9.72 Å². The molecule has 6 nitrogen and oxygen atoms in total. The maximum Gasteiger partial charge on any atom is 0.277 e. The van der Waals surface area contributed by atoms with E-state index in [0.717, 1.165) is 11.4 Å². The number of rotatable bonds is 2. The fraction of sp³-hybridized carbons (Fsp3) is 0.0833. The van der Waals surface area contributed by atoms with Crippen LogP contribution >= 0.6 is 0 Å². The standard InChI is InChI=1S/C12H10N4O2/c1-18-9-4-2-8(3-5-9)16-7-15-11-10(16)12(17)14-6-13-11/h2-7H,1H3,(H,13,14,17). The number of benzene rings is 1.